The average Bonchev–Trinajstić information content (AvgIpc) is 3.25. The van der Waals surface area contributed by atoms with Crippen LogP contribution in [0.2, 0.25) is 0 Å². The molecule has 0 aromatic heterocycles. The number of ether oxygens (including phenoxy) is 2. The lowest BCUT2D eigenvalue weighted by Gasteiger charge is -2.28. The van der Waals surface area contributed by atoms with E-state index in [1.54, 1.807) is 0 Å². The molecule has 0 amide bonds. The van der Waals surface area contributed by atoms with Gasteiger partial charge < -0.3 is 27.9 Å². The smallest absolute Gasteiger partial charge is 0.306 e. The van der Waals surface area contributed by atoms with Gasteiger partial charge in [-0.2, -0.15) is 0 Å². The minimum Gasteiger partial charge on any atom is -0.756 e. The van der Waals surface area contributed by atoms with Crippen molar-refractivity contribution in [3.05, 3.63) is 122 Å². The standard InChI is InChI=1S/C54H88NO8P/c1-6-8-10-12-14-16-18-19-20-21-22-23-24-25-26-27-28-29-30-31-32-33-34-35-37-39-41-43-45-47-54(57)63-52(51-62-64(58,59)61-49-48-55(3,4)5)50-60-53(56)46-44-42-40-38-36-17-15-13-11-9-7-2/h8,10,13-16,19-20,22-23,25-26,28-29,31-32,34-35,39,41,52H,6-7,9,11-12,17-18,21,24,27,30,33,36-38,40,42-51H2,1-5H3/b10-8-,15-13-,16-14-,20-19-,23-22-,26-25-,29-28-,32-31-,35-34-,41-39-. The Balaban J connectivity index is 4.38. The first-order valence-corrected chi connectivity index (χ1v) is 25.7. The molecule has 0 spiro atoms. The quantitative estimate of drug-likeness (QED) is 0.0196. The van der Waals surface area contributed by atoms with Gasteiger partial charge in [0.15, 0.2) is 6.10 Å². The number of carbonyl (C=O) groups excluding carboxylic acids is 2. The van der Waals surface area contributed by atoms with Crippen LogP contribution in [0, 0.1) is 0 Å². The van der Waals surface area contributed by atoms with Gasteiger partial charge >= 0.3 is 11.9 Å². The van der Waals surface area contributed by atoms with Gasteiger partial charge in [0, 0.05) is 12.8 Å². The molecule has 0 heterocycles. The van der Waals surface area contributed by atoms with Crippen molar-refractivity contribution in [3.63, 3.8) is 0 Å². The number of unbranched alkanes of at least 4 members (excludes halogenated alkanes) is 8. The summed E-state index contributed by atoms with van der Waals surface area (Å²) in [7, 11) is 1.10. The van der Waals surface area contributed by atoms with E-state index in [0.29, 0.717) is 30.3 Å². The minimum absolute atomic E-state index is 0.0501. The Bertz CT molecular complexity index is 1490. The number of phosphoric acid groups is 1. The van der Waals surface area contributed by atoms with Crippen molar-refractivity contribution < 1.29 is 42.1 Å². The summed E-state index contributed by atoms with van der Waals surface area (Å²) in [5.74, 6) is -0.929. The lowest BCUT2D eigenvalue weighted by Crippen LogP contribution is -2.37. The number of allylic oxidation sites excluding steroid dienone is 20. The third kappa shape index (κ3) is 47.9. The van der Waals surface area contributed by atoms with E-state index in [0.717, 1.165) is 96.3 Å². The summed E-state index contributed by atoms with van der Waals surface area (Å²) in [6.45, 7) is 3.96. The molecule has 2 unspecified atom stereocenters. The number of hydrogen-bond acceptors (Lipinski definition) is 8. The molecule has 0 aliphatic heterocycles. The zero-order valence-electron chi connectivity index (χ0n) is 40.7. The predicted octanol–water partition coefficient (Wildman–Crippen LogP) is 13.8. The van der Waals surface area contributed by atoms with Crippen LogP contribution in [0.5, 0.6) is 0 Å². The van der Waals surface area contributed by atoms with Crippen LogP contribution in [0.4, 0.5) is 0 Å². The Labute approximate surface area is 390 Å². The van der Waals surface area contributed by atoms with E-state index in [4.69, 9.17) is 18.5 Å². The maximum atomic E-state index is 12.7. The highest BCUT2D eigenvalue weighted by Gasteiger charge is 2.21. The summed E-state index contributed by atoms with van der Waals surface area (Å²) in [4.78, 5) is 37.5. The third-order valence-corrected chi connectivity index (χ3v) is 10.4. The zero-order chi connectivity index (χ0) is 47.1. The lowest BCUT2D eigenvalue weighted by molar-refractivity contribution is -0.870. The van der Waals surface area contributed by atoms with Gasteiger partial charge in [0.1, 0.15) is 19.8 Å². The average molecular weight is 910 g/mol. The minimum atomic E-state index is -4.65. The fourth-order valence-corrected chi connectivity index (χ4v) is 6.42. The summed E-state index contributed by atoms with van der Waals surface area (Å²) < 4.78 is 33.8. The molecule has 0 fully saturated rings. The first-order valence-electron chi connectivity index (χ1n) is 24.2. The van der Waals surface area contributed by atoms with E-state index < -0.39 is 32.5 Å². The van der Waals surface area contributed by atoms with Crippen LogP contribution in [-0.4, -0.2) is 70.0 Å². The molecule has 0 aliphatic rings. The number of rotatable bonds is 42. The van der Waals surface area contributed by atoms with Gasteiger partial charge in [-0.15, -0.1) is 0 Å². The number of likely N-dealkylation sites (N-methyl/N-ethyl adjacent to an activating group) is 1. The van der Waals surface area contributed by atoms with Crippen LogP contribution in [0.3, 0.4) is 0 Å². The van der Waals surface area contributed by atoms with Crippen molar-refractivity contribution >= 4 is 19.8 Å². The van der Waals surface area contributed by atoms with E-state index >= 15 is 0 Å². The van der Waals surface area contributed by atoms with Crippen molar-refractivity contribution in [2.45, 2.75) is 161 Å². The van der Waals surface area contributed by atoms with Crippen LogP contribution in [0.25, 0.3) is 0 Å². The highest BCUT2D eigenvalue weighted by Crippen LogP contribution is 2.38. The van der Waals surface area contributed by atoms with E-state index in [2.05, 4.69) is 129 Å². The SMILES string of the molecule is CC/C=C\C/C=C\C/C=C\C/C=C\C/C=C\C/C=C\C/C=C\C/C=C\C/C=C\CCCC(=O)OC(COC(=O)CCCCCCC/C=C\CCCC)COP(=O)([O-])OCC[N+](C)(C)C. The number of quaternary nitrogens is 1. The highest BCUT2D eigenvalue weighted by atomic mass is 31.2. The third-order valence-electron chi connectivity index (χ3n) is 9.47. The lowest BCUT2D eigenvalue weighted by atomic mass is 10.1. The Morgan fingerprint density at radius 1 is 0.500 bits per heavy atom. The van der Waals surface area contributed by atoms with Crippen LogP contribution >= 0.6 is 7.82 Å². The Hall–Kier alpha value is -3.59. The normalized spacial score (nSPS) is 14.5. The molecule has 362 valence electrons. The molecule has 0 aromatic rings. The van der Waals surface area contributed by atoms with Crippen molar-refractivity contribution in [1.82, 2.24) is 0 Å². The molecule has 0 aromatic carbocycles. The molecule has 64 heavy (non-hydrogen) atoms. The van der Waals surface area contributed by atoms with Crippen molar-refractivity contribution in [2.24, 2.45) is 0 Å². The predicted molar refractivity (Wildman–Crippen MR) is 268 cm³/mol. The van der Waals surface area contributed by atoms with Gasteiger partial charge in [-0.3, -0.25) is 14.2 Å². The van der Waals surface area contributed by atoms with Crippen molar-refractivity contribution in [2.75, 3.05) is 47.5 Å². The summed E-state index contributed by atoms with van der Waals surface area (Å²) >= 11 is 0. The molecule has 0 saturated heterocycles. The molecule has 9 nitrogen and oxygen atoms in total. The maximum absolute atomic E-state index is 12.7. The second kappa shape index (κ2) is 44.6. The van der Waals surface area contributed by atoms with Gasteiger partial charge in [0.05, 0.1) is 27.7 Å². The van der Waals surface area contributed by atoms with Gasteiger partial charge in [0.25, 0.3) is 7.82 Å². The summed E-state index contributed by atoms with van der Waals surface area (Å²) in [5.41, 5.74) is 0. The summed E-state index contributed by atoms with van der Waals surface area (Å²) in [6, 6.07) is 0. The molecule has 10 heteroatoms. The maximum Gasteiger partial charge on any atom is 0.306 e. The fourth-order valence-electron chi connectivity index (χ4n) is 5.69. The summed E-state index contributed by atoms with van der Waals surface area (Å²) in [5, 5.41) is 0. The van der Waals surface area contributed by atoms with Crippen molar-refractivity contribution in [1.29, 1.82) is 0 Å². The second-order valence-corrected chi connectivity index (χ2v) is 18.1. The van der Waals surface area contributed by atoms with Gasteiger partial charge in [-0.1, -0.05) is 167 Å². The highest BCUT2D eigenvalue weighted by molar-refractivity contribution is 7.45. The van der Waals surface area contributed by atoms with Crippen LogP contribution in [0.15, 0.2) is 122 Å². The van der Waals surface area contributed by atoms with Crippen LogP contribution in [0.1, 0.15) is 155 Å². The number of nitrogens with zero attached hydrogens (tertiary/aromatic N) is 1. The Morgan fingerprint density at radius 3 is 1.39 bits per heavy atom. The Morgan fingerprint density at radius 2 is 0.906 bits per heavy atom. The van der Waals surface area contributed by atoms with Crippen LogP contribution in [-0.2, 0) is 32.7 Å². The van der Waals surface area contributed by atoms with Crippen molar-refractivity contribution in [3.8, 4) is 0 Å². The molecule has 0 bridgehead atoms. The molecule has 0 aliphatic carbocycles. The zero-order valence-corrected chi connectivity index (χ0v) is 41.6. The number of hydrogen-bond donors (Lipinski definition) is 0. The topological polar surface area (TPSA) is 111 Å². The fraction of sp³-hybridized carbons (Fsp3) is 0.593. The number of esters is 2. The molecule has 0 rings (SSSR count). The van der Waals surface area contributed by atoms with Gasteiger partial charge in [-0.05, 0) is 96.3 Å². The number of carbonyl (C=O) groups is 2. The molecular weight excluding hydrogens is 822 g/mol. The second-order valence-electron chi connectivity index (χ2n) is 16.7. The van der Waals surface area contributed by atoms with E-state index in [1.807, 2.05) is 27.2 Å². The molecule has 0 N–H and O–H groups in total. The molecular formula is C54H88NO8P. The first kappa shape index (κ1) is 60.4. The number of phosphoric ester groups is 1. The Kier molecular flexibility index (Phi) is 42.1. The molecule has 0 radical (unpaired) electrons. The van der Waals surface area contributed by atoms with Crippen LogP contribution < -0.4 is 4.89 Å². The summed E-state index contributed by atoms with van der Waals surface area (Å²) in [6.07, 6.45) is 62.5. The largest absolute Gasteiger partial charge is 0.756 e. The molecule has 0 saturated carbocycles. The first-order chi connectivity index (χ1) is 31.0. The van der Waals surface area contributed by atoms with E-state index in [-0.39, 0.29) is 26.1 Å². The van der Waals surface area contributed by atoms with Gasteiger partial charge in [-0.25, -0.2) is 0 Å². The van der Waals surface area contributed by atoms with E-state index in [9.17, 15) is 19.0 Å². The van der Waals surface area contributed by atoms with E-state index in [1.165, 1.54) is 12.8 Å². The molecule has 2 atom stereocenters. The van der Waals surface area contributed by atoms with Gasteiger partial charge in [0.2, 0.25) is 0 Å². The monoisotopic (exact) mass is 910 g/mol.